The van der Waals surface area contributed by atoms with Crippen molar-refractivity contribution >= 4 is 11.7 Å². The minimum absolute atomic E-state index is 0.0127. The summed E-state index contributed by atoms with van der Waals surface area (Å²) in [5.41, 5.74) is 2.43. The molecule has 4 heteroatoms. The van der Waals surface area contributed by atoms with Gasteiger partial charge in [-0.15, -0.1) is 6.58 Å². The first-order valence-corrected chi connectivity index (χ1v) is 7.16. The van der Waals surface area contributed by atoms with E-state index in [1.807, 2.05) is 4.90 Å². The molecule has 0 radical (unpaired) electrons. The second-order valence-corrected chi connectivity index (χ2v) is 5.25. The van der Waals surface area contributed by atoms with E-state index in [1.165, 1.54) is 5.56 Å². The highest BCUT2D eigenvalue weighted by Crippen LogP contribution is 2.17. The molecule has 0 spiro atoms. The summed E-state index contributed by atoms with van der Waals surface area (Å²) in [7, 11) is 0. The second kappa shape index (κ2) is 6.98. The molecule has 0 atom stereocenters. The van der Waals surface area contributed by atoms with Gasteiger partial charge in [-0.2, -0.15) is 0 Å². The average Bonchev–Trinajstić information content (AvgIpc) is 2.48. The SMILES string of the molecule is C=CCNC(=O)N1CCC(Nc2ccc(C)cc2)CC1. The van der Waals surface area contributed by atoms with Crippen molar-refractivity contribution in [3.63, 3.8) is 0 Å². The Balaban J connectivity index is 1.78. The molecule has 1 fully saturated rings. The molecule has 1 heterocycles. The molecule has 4 nitrogen and oxygen atoms in total. The van der Waals surface area contributed by atoms with Crippen LogP contribution in [-0.4, -0.2) is 36.6 Å². The number of urea groups is 1. The zero-order chi connectivity index (χ0) is 14.4. The van der Waals surface area contributed by atoms with Gasteiger partial charge in [-0.25, -0.2) is 4.79 Å². The molecule has 2 N–H and O–H groups in total. The molecule has 0 bridgehead atoms. The summed E-state index contributed by atoms with van der Waals surface area (Å²) in [5.74, 6) is 0. The Morgan fingerprint density at radius 1 is 1.35 bits per heavy atom. The number of anilines is 1. The zero-order valence-electron chi connectivity index (χ0n) is 12.1. The molecule has 108 valence electrons. The Bertz CT molecular complexity index is 447. The lowest BCUT2D eigenvalue weighted by Crippen LogP contribution is -2.46. The van der Waals surface area contributed by atoms with E-state index in [4.69, 9.17) is 0 Å². The Hall–Kier alpha value is -1.97. The van der Waals surface area contributed by atoms with Crippen molar-refractivity contribution in [2.75, 3.05) is 25.0 Å². The summed E-state index contributed by atoms with van der Waals surface area (Å²) in [4.78, 5) is 13.7. The van der Waals surface area contributed by atoms with Crippen LogP contribution in [0, 0.1) is 6.92 Å². The molecule has 1 aromatic carbocycles. The van der Waals surface area contributed by atoms with E-state index >= 15 is 0 Å². The number of nitrogens with zero attached hydrogens (tertiary/aromatic N) is 1. The Kier molecular flexibility index (Phi) is 5.04. The van der Waals surface area contributed by atoms with Gasteiger partial charge in [0.15, 0.2) is 0 Å². The minimum atomic E-state index is 0.0127. The third-order valence-corrected chi connectivity index (χ3v) is 3.60. The predicted molar refractivity (Wildman–Crippen MR) is 83.0 cm³/mol. The number of piperidine rings is 1. The molecular weight excluding hydrogens is 250 g/mol. The summed E-state index contributed by atoms with van der Waals surface area (Å²) >= 11 is 0. The van der Waals surface area contributed by atoms with E-state index in [0.29, 0.717) is 12.6 Å². The number of hydrogen-bond acceptors (Lipinski definition) is 2. The van der Waals surface area contributed by atoms with Gasteiger partial charge in [0.05, 0.1) is 0 Å². The molecular formula is C16H23N3O. The maximum Gasteiger partial charge on any atom is 0.317 e. The highest BCUT2D eigenvalue weighted by molar-refractivity contribution is 5.74. The quantitative estimate of drug-likeness (QED) is 0.829. The largest absolute Gasteiger partial charge is 0.382 e. The highest BCUT2D eigenvalue weighted by Gasteiger charge is 2.22. The van der Waals surface area contributed by atoms with E-state index in [9.17, 15) is 4.79 Å². The van der Waals surface area contributed by atoms with Gasteiger partial charge >= 0.3 is 6.03 Å². The minimum Gasteiger partial charge on any atom is -0.382 e. The maximum atomic E-state index is 11.8. The predicted octanol–water partition coefficient (Wildman–Crippen LogP) is 2.77. The second-order valence-electron chi connectivity index (χ2n) is 5.25. The molecule has 0 aliphatic carbocycles. The van der Waals surface area contributed by atoms with Gasteiger partial charge in [-0.1, -0.05) is 23.8 Å². The van der Waals surface area contributed by atoms with Crippen LogP contribution in [0.3, 0.4) is 0 Å². The maximum absolute atomic E-state index is 11.8. The lowest BCUT2D eigenvalue weighted by atomic mass is 10.0. The molecule has 1 aliphatic rings. The first-order valence-electron chi connectivity index (χ1n) is 7.16. The Labute approximate surface area is 120 Å². The fourth-order valence-corrected chi connectivity index (χ4v) is 2.38. The third kappa shape index (κ3) is 4.02. The summed E-state index contributed by atoms with van der Waals surface area (Å²) in [5, 5.41) is 6.36. The van der Waals surface area contributed by atoms with Gasteiger partial charge < -0.3 is 15.5 Å². The summed E-state index contributed by atoms with van der Waals surface area (Å²) in [6.07, 6.45) is 3.66. The summed E-state index contributed by atoms with van der Waals surface area (Å²) in [6, 6.07) is 8.90. The number of carbonyl (C=O) groups excluding carboxylic acids is 1. The van der Waals surface area contributed by atoms with Gasteiger partial charge in [0.25, 0.3) is 0 Å². The Morgan fingerprint density at radius 3 is 2.60 bits per heavy atom. The molecule has 1 saturated heterocycles. The van der Waals surface area contributed by atoms with Gasteiger partial charge in [0.2, 0.25) is 0 Å². The molecule has 0 saturated carbocycles. The van der Waals surface area contributed by atoms with Gasteiger partial charge in [0.1, 0.15) is 0 Å². The van der Waals surface area contributed by atoms with E-state index in [-0.39, 0.29) is 6.03 Å². The smallest absolute Gasteiger partial charge is 0.317 e. The molecule has 1 aromatic rings. The molecule has 0 aromatic heterocycles. The van der Waals surface area contributed by atoms with Crippen LogP contribution >= 0.6 is 0 Å². The average molecular weight is 273 g/mol. The number of aryl methyl sites for hydroxylation is 1. The highest BCUT2D eigenvalue weighted by atomic mass is 16.2. The Morgan fingerprint density at radius 2 is 2.00 bits per heavy atom. The summed E-state index contributed by atoms with van der Waals surface area (Å²) < 4.78 is 0. The lowest BCUT2D eigenvalue weighted by Gasteiger charge is -2.32. The van der Waals surface area contributed by atoms with Gasteiger partial charge in [-0.05, 0) is 31.9 Å². The molecule has 0 unspecified atom stereocenters. The van der Waals surface area contributed by atoms with Crippen molar-refractivity contribution < 1.29 is 4.79 Å². The lowest BCUT2D eigenvalue weighted by molar-refractivity contribution is 0.185. The van der Waals surface area contributed by atoms with Crippen molar-refractivity contribution in [1.29, 1.82) is 0 Å². The van der Waals surface area contributed by atoms with Crippen LogP contribution in [0.15, 0.2) is 36.9 Å². The number of nitrogens with one attached hydrogen (secondary N) is 2. The van der Waals surface area contributed by atoms with Crippen LogP contribution in [0.25, 0.3) is 0 Å². The molecule has 20 heavy (non-hydrogen) atoms. The standard InChI is InChI=1S/C16H23N3O/c1-3-10-17-16(20)19-11-8-15(9-12-19)18-14-6-4-13(2)5-7-14/h3-7,15,18H,1,8-12H2,2H3,(H,17,20). The fourth-order valence-electron chi connectivity index (χ4n) is 2.38. The van der Waals surface area contributed by atoms with Crippen LogP contribution in [0.4, 0.5) is 10.5 Å². The molecule has 2 rings (SSSR count). The monoisotopic (exact) mass is 273 g/mol. The number of carbonyl (C=O) groups is 1. The van der Waals surface area contributed by atoms with Crippen molar-refractivity contribution in [2.45, 2.75) is 25.8 Å². The van der Waals surface area contributed by atoms with Crippen LogP contribution in [0.5, 0.6) is 0 Å². The van der Waals surface area contributed by atoms with E-state index in [1.54, 1.807) is 6.08 Å². The third-order valence-electron chi connectivity index (χ3n) is 3.60. The van der Waals surface area contributed by atoms with Gasteiger partial charge in [-0.3, -0.25) is 0 Å². The van der Waals surface area contributed by atoms with Crippen LogP contribution in [0.2, 0.25) is 0 Å². The fraction of sp³-hybridized carbons (Fsp3) is 0.438. The number of benzene rings is 1. The van der Waals surface area contributed by atoms with Crippen molar-refractivity contribution in [3.8, 4) is 0 Å². The summed E-state index contributed by atoms with van der Waals surface area (Å²) in [6.45, 7) is 7.81. The van der Waals surface area contributed by atoms with Gasteiger partial charge in [0, 0.05) is 31.4 Å². The zero-order valence-corrected chi connectivity index (χ0v) is 12.1. The van der Waals surface area contributed by atoms with E-state index < -0.39 is 0 Å². The van der Waals surface area contributed by atoms with Crippen molar-refractivity contribution in [2.24, 2.45) is 0 Å². The van der Waals surface area contributed by atoms with E-state index in [2.05, 4.69) is 48.4 Å². The topological polar surface area (TPSA) is 44.4 Å². The number of hydrogen-bond donors (Lipinski definition) is 2. The molecule has 2 amide bonds. The number of likely N-dealkylation sites (tertiary alicyclic amines) is 1. The van der Waals surface area contributed by atoms with Crippen LogP contribution in [0.1, 0.15) is 18.4 Å². The normalized spacial score (nSPS) is 15.8. The first-order chi connectivity index (χ1) is 9.69. The van der Waals surface area contributed by atoms with E-state index in [0.717, 1.165) is 31.6 Å². The van der Waals surface area contributed by atoms with Crippen molar-refractivity contribution in [1.82, 2.24) is 10.2 Å². The first kappa shape index (κ1) is 14.4. The van der Waals surface area contributed by atoms with Crippen LogP contribution in [-0.2, 0) is 0 Å². The van der Waals surface area contributed by atoms with Crippen molar-refractivity contribution in [3.05, 3.63) is 42.5 Å². The number of rotatable bonds is 4. The van der Waals surface area contributed by atoms with Crippen LogP contribution < -0.4 is 10.6 Å². The molecule has 1 aliphatic heterocycles. The number of amides is 2.